The van der Waals surface area contributed by atoms with Crippen LogP contribution in [0.25, 0.3) is 0 Å². The molecule has 1 aliphatic rings. The highest BCUT2D eigenvalue weighted by atomic mass is 127. The van der Waals surface area contributed by atoms with Gasteiger partial charge in [0.15, 0.2) is 5.96 Å². The molecule has 5 nitrogen and oxygen atoms in total. The zero-order valence-corrected chi connectivity index (χ0v) is 20.8. The quantitative estimate of drug-likeness (QED) is 0.163. The molecule has 2 N–H and O–H groups in total. The summed E-state index contributed by atoms with van der Waals surface area (Å²) < 4.78 is 0. The second-order valence-corrected chi connectivity index (χ2v) is 8.32. The molecule has 1 unspecified atom stereocenters. The summed E-state index contributed by atoms with van der Waals surface area (Å²) in [4.78, 5) is 11.2. The SMILES string of the molecule is CCNC(=NCC(C)CN1CCN(CC)CC1)NCCSc1ccccc1.I. The van der Waals surface area contributed by atoms with Gasteiger partial charge < -0.3 is 20.4 Å². The fourth-order valence-electron chi connectivity index (χ4n) is 3.23. The van der Waals surface area contributed by atoms with Crippen molar-refractivity contribution in [3.8, 4) is 0 Å². The van der Waals surface area contributed by atoms with Gasteiger partial charge in [-0.3, -0.25) is 4.99 Å². The van der Waals surface area contributed by atoms with E-state index in [4.69, 9.17) is 4.99 Å². The number of nitrogens with zero attached hydrogens (tertiary/aromatic N) is 3. The standard InChI is InChI=1S/C21H37N5S.HI/c1-4-22-21(23-11-16-27-20-9-7-6-8-10-20)24-17-19(3)18-26-14-12-25(5-2)13-15-26;/h6-10,19H,4-5,11-18H2,1-3H3,(H2,22,23,24);1H. The highest BCUT2D eigenvalue weighted by molar-refractivity contribution is 14.0. The number of piperazine rings is 1. The first-order valence-electron chi connectivity index (χ1n) is 10.4. The Kier molecular flexibility index (Phi) is 14.0. The Morgan fingerprint density at radius 2 is 1.75 bits per heavy atom. The zero-order chi connectivity index (χ0) is 19.3. The molecule has 1 atom stereocenters. The minimum atomic E-state index is 0. The fourth-order valence-corrected chi connectivity index (χ4v) is 4.02. The van der Waals surface area contributed by atoms with Crippen LogP contribution in [0.1, 0.15) is 20.8 Å². The van der Waals surface area contributed by atoms with Gasteiger partial charge in [0.05, 0.1) is 0 Å². The summed E-state index contributed by atoms with van der Waals surface area (Å²) in [5.41, 5.74) is 0. The lowest BCUT2D eigenvalue weighted by Crippen LogP contribution is -2.47. The predicted molar refractivity (Wildman–Crippen MR) is 134 cm³/mol. The van der Waals surface area contributed by atoms with Gasteiger partial charge in [0, 0.05) is 63.0 Å². The van der Waals surface area contributed by atoms with Crippen LogP contribution in [-0.2, 0) is 0 Å². The van der Waals surface area contributed by atoms with Gasteiger partial charge in [-0.2, -0.15) is 0 Å². The van der Waals surface area contributed by atoms with E-state index >= 15 is 0 Å². The van der Waals surface area contributed by atoms with Gasteiger partial charge in [-0.1, -0.05) is 32.0 Å². The predicted octanol–water partition coefficient (Wildman–Crippen LogP) is 3.23. The van der Waals surface area contributed by atoms with E-state index in [1.807, 2.05) is 11.8 Å². The lowest BCUT2D eigenvalue weighted by Gasteiger charge is -2.35. The summed E-state index contributed by atoms with van der Waals surface area (Å²) in [6.07, 6.45) is 0. The molecule has 1 aromatic rings. The summed E-state index contributed by atoms with van der Waals surface area (Å²) in [7, 11) is 0. The van der Waals surface area contributed by atoms with Gasteiger partial charge in [0.2, 0.25) is 0 Å². The third-order valence-electron chi connectivity index (χ3n) is 4.79. The third-order valence-corrected chi connectivity index (χ3v) is 5.81. The molecule has 0 aliphatic carbocycles. The van der Waals surface area contributed by atoms with E-state index in [-0.39, 0.29) is 24.0 Å². The van der Waals surface area contributed by atoms with Crippen LogP contribution in [0.4, 0.5) is 0 Å². The highest BCUT2D eigenvalue weighted by Crippen LogP contribution is 2.15. The minimum absolute atomic E-state index is 0. The van der Waals surface area contributed by atoms with Crippen LogP contribution < -0.4 is 10.6 Å². The lowest BCUT2D eigenvalue weighted by molar-refractivity contribution is 0.125. The van der Waals surface area contributed by atoms with Crippen LogP contribution in [0.3, 0.4) is 0 Å². The normalized spacial score (nSPS) is 17.0. The summed E-state index contributed by atoms with van der Waals surface area (Å²) in [6, 6.07) is 10.6. The average molecular weight is 520 g/mol. The van der Waals surface area contributed by atoms with E-state index in [1.165, 1.54) is 37.6 Å². The number of benzene rings is 1. The van der Waals surface area contributed by atoms with Gasteiger partial charge in [0.1, 0.15) is 0 Å². The van der Waals surface area contributed by atoms with Gasteiger partial charge in [-0.15, -0.1) is 35.7 Å². The lowest BCUT2D eigenvalue weighted by atomic mass is 10.1. The second-order valence-electron chi connectivity index (χ2n) is 7.15. The number of hydrogen-bond donors (Lipinski definition) is 2. The number of likely N-dealkylation sites (N-methyl/N-ethyl adjacent to an activating group) is 1. The molecule has 1 fully saturated rings. The van der Waals surface area contributed by atoms with Gasteiger partial charge in [0.25, 0.3) is 0 Å². The number of aliphatic imine (C=N–C) groups is 1. The molecule has 7 heteroatoms. The van der Waals surface area contributed by atoms with Crippen molar-refractivity contribution in [2.24, 2.45) is 10.9 Å². The van der Waals surface area contributed by atoms with Gasteiger partial charge in [-0.25, -0.2) is 0 Å². The van der Waals surface area contributed by atoms with Crippen LogP contribution in [0.5, 0.6) is 0 Å². The van der Waals surface area contributed by atoms with Crippen molar-refractivity contribution in [3.63, 3.8) is 0 Å². The van der Waals surface area contributed by atoms with Crippen molar-refractivity contribution in [2.45, 2.75) is 25.7 Å². The number of rotatable bonds is 10. The molecule has 0 aromatic heterocycles. The number of halogens is 1. The Hall–Kier alpha value is -0.510. The largest absolute Gasteiger partial charge is 0.357 e. The molecule has 1 aromatic carbocycles. The Morgan fingerprint density at radius 3 is 2.39 bits per heavy atom. The maximum Gasteiger partial charge on any atom is 0.191 e. The van der Waals surface area contributed by atoms with Crippen LogP contribution in [0.2, 0.25) is 0 Å². The molecule has 160 valence electrons. The summed E-state index contributed by atoms with van der Waals surface area (Å²) >= 11 is 1.87. The van der Waals surface area contributed by atoms with Crippen molar-refractivity contribution >= 4 is 41.7 Å². The van der Waals surface area contributed by atoms with E-state index < -0.39 is 0 Å². The van der Waals surface area contributed by atoms with E-state index in [0.29, 0.717) is 5.92 Å². The molecule has 2 rings (SSSR count). The summed E-state index contributed by atoms with van der Waals surface area (Å²) in [6.45, 7) is 16.5. The van der Waals surface area contributed by atoms with Crippen LogP contribution in [0.15, 0.2) is 40.2 Å². The monoisotopic (exact) mass is 519 g/mol. The second kappa shape index (κ2) is 15.3. The summed E-state index contributed by atoms with van der Waals surface area (Å²) in [5, 5.41) is 6.82. The molecular formula is C21H38IN5S. The number of hydrogen-bond acceptors (Lipinski definition) is 4. The number of guanidine groups is 1. The molecule has 0 radical (unpaired) electrons. The van der Waals surface area contributed by atoms with Crippen molar-refractivity contribution in [2.75, 3.05) is 64.7 Å². The first kappa shape index (κ1) is 25.5. The van der Waals surface area contributed by atoms with Crippen molar-refractivity contribution in [1.29, 1.82) is 0 Å². The van der Waals surface area contributed by atoms with Crippen molar-refractivity contribution in [1.82, 2.24) is 20.4 Å². The molecule has 1 heterocycles. The van der Waals surface area contributed by atoms with Crippen LogP contribution in [0, 0.1) is 5.92 Å². The molecule has 0 spiro atoms. The molecule has 28 heavy (non-hydrogen) atoms. The van der Waals surface area contributed by atoms with E-state index in [2.05, 4.69) is 71.5 Å². The molecule has 0 bridgehead atoms. The Balaban J connectivity index is 0.00000392. The van der Waals surface area contributed by atoms with Crippen LogP contribution in [-0.4, -0.2) is 80.4 Å². The Morgan fingerprint density at radius 1 is 1.07 bits per heavy atom. The molecule has 0 saturated carbocycles. The highest BCUT2D eigenvalue weighted by Gasteiger charge is 2.17. The smallest absolute Gasteiger partial charge is 0.191 e. The minimum Gasteiger partial charge on any atom is -0.357 e. The van der Waals surface area contributed by atoms with E-state index in [9.17, 15) is 0 Å². The Labute approximate surface area is 193 Å². The number of nitrogens with one attached hydrogen (secondary N) is 2. The van der Waals surface area contributed by atoms with E-state index in [1.54, 1.807) is 0 Å². The third kappa shape index (κ3) is 10.3. The maximum absolute atomic E-state index is 4.80. The van der Waals surface area contributed by atoms with Crippen LogP contribution >= 0.6 is 35.7 Å². The number of thioether (sulfide) groups is 1. The molecule has 0 amide bonds. The maximum atomic E-state index is 4.80. The summed E-state index contributed by atoms with van der Waals surface area (Å²) in [5.74, 6) is 2.55. The molecular weight excluding hydrogens is 481 g/mol. The molecule has 1 aliphatic heterocycles. The molecule has 1 saturated heterocycles. The van der Waals surface area contributed by atoms with Gasteiger partial charge >= 0.3 is 0 Å². The van der Waals surface area contributed by atoms with Crippen molar-refractivity contribution in [3.05, 3.63) is 30.3 Å². The first-order valence-corrected chi connectivity index (χ1v) is 11.3. The van der Waals surface area contributed by atoms with Gasteiger partial charge in [-0.05, 0) is 31.5 Å². The Bertz CT molecular complexity index is 535. The first-order chi connectivity index (χ1) is 13.2. The van der Waals surface area contributed by atoms with E-state index in [0.717, 1.165) is 37.9 Å². The average Bonchev–Trinajstić information content (AvgIpc) is 2.70. The topological polar surface area (TPSA) is 42.9 Å². The fraction of sp³-hybridized carbons (Fsp3) is 0.667. The zero-order valence-electron chi connectivity index (χ0n) is 17.7. The van der Waals surface area contributed by atoms with Crippen molar-refractivity contribution < 1.29 is 0 Å².